The van der Waals surface area contributed by atoms with E-state index < -0.39 is 48.3 Å². The van der Waals surface area contributed by atoms with E-state index in [0.717, 1.165) is 0 Å². The topological polar surface area (TPSA) is 271 Å². The van der Waals surface area contributed by atoms with Crippen LogP contribution in [0.5, 0.6) is 0 Å². The van der Waals surface area contributed by atoms with Crippen molar-refractivity contribution in [1.29, 1.82) is 0 Å². The Labute approximate surface area is 223 Å². The molecule has 222 valence electrons. The van der Waals surface area contributed by atoms with Gasteiger partial charge in [-0.05, 0) is 38.8 Å². The summed E-state index contributed by atoms with van der Waals surface area (Å²) in [6, 6.07) is 0. The maximum absolute atomic E-state index is 11.4. The number of rotatable bonds is 15. The van der Waals surface area contributed by atoms with Crippen molar-refractivity contribution in [3.05, 3.63) is 20.9 Å². The molecular formula is C20H34N6O13. The van der Waals surface area contributed by atoms with E-state index in [2.05, 4.69) is 39.2 Å². The standard InChI is InChI=1S/C10H17N3O7.C6H8O4.C4H9N3O2/c1-7(19-10(15)8(2)20-16)9(14)18-6-5-17-4-3-12-13-11;1-3-5(7)10-4(2)6(8)9-3;5-7-6-1-3-9-4-2-8/h7-8,16H,3-6H2,1-2H3;3-4H,1-2H3;8H,1-4H2. The molecule has 2 N–H and O–H groups in total. The zero-order chi connectivity index (χ0) is 30.1. The number of carbonyl (C=O) groups is 4. The molecule has 1 aliphatic heterocycles. The van der Waals surface area contributed by atoms with Crippen molar-refractivity contribution in [1.82, 2.24) is 0 Å². The van der Waals surface area contributed by atoms with Crippen LogP contribution in [0.2, 0.25) is 0 Å². The minimum absolute atomic E-state index is 0.0102. The third-order valence-electron chi connectivity index (χ3n) is 3.87. The molecule has 1 heterocycles. The Morgan fingerprint density at radius 3 is 1.79 bits per heavy atom. The summed E-state index contributed by atoms with van der Waals surface area (Å²) in [5.41, 5.74) is 15.8. The molecule has 0 radical (unpaired) electrons. The third kappa shape index (κ3) is 21.0. The Bertz CT molecular complexity index is 813. The van der Waals surface area contributed by atoms with Crippen LogP contribution >= 0.6 is 0 Å². The average Bonchev–Trinajstić information content (AvgIpc) is 2.91. The van der Waals surface area contributed by atoms with Crippen molar-refractivity contribution < 1.29 is 62.9 Å². The summed E-state index contributed by atoms with van der Waals surface area (Å²) in [5, 5.41) is 22.9. The van der Waals surface area contributed by atoms with E-state index in [1.54, 1.807) is 0 Å². The normalized spacial score (nSPS) is 17.1. The van der Waals surface area contributed by atoms with Crippen LogP contribution < -0.4 is 0 Å². The summed E-state index contributed by atoms with van der Waals surface area (Å²) in [6.07, 6.45) is -3.80. The summed E-state index contributed by atoms with van der Waals surface area (Å²) in [5.74, 6) is -2.59. The van der Waals surface area contributed by atoms with E-state index in [4.69, 9.17) is 35.6 Å². The molecule has 39 heavy (non-hydrogen) atoms. The number of esters is 4. The van der Waals surface area contributed by atoms with Gasteiger partial charge in [-0.25, -0.2) is 24.1 Å². The highest BCUT2D eigenvalue weighted by Gasteiger charge is 2.32. The van der Waals surface area contributed by atoms with Gasteiger partial charge in [-0.2, -0.15) is 0 Å². The van der Waals surface area contributed by atoms with Gasteiger partial charge < -0.3 is 33.5 Å². The second-order valence-electron chi connectivity index (χ2n) is 7.01. The van der Waals surface area contributed by atoms with Gasteiger partial charge in [0, 0.05) is 22.9 Å². The maximum Gasteiger partial charge on any atom is 0.347 e. The molecule has 0 amide bonds. The first-order chi connectivity index (χ1) is 18.5. The lowest BCUT2D eigenvalue weighted by atomic mass is 10.3. The Balaban J connectivity index is 0. The predicted molar refractivity (Wildman–Crippen MR) is 128 cm³/mol. The molecule has 1 rings (SSSR count). The van der Waals surface area contributed by atoms with E-state index in [1.807, 2.05) is 0 Å². The van der Waals surface area contributed by atoms with Crippen molar-refractivity contribution in [3.8, 4) is 0 Å². The summed E-state index contributed by atoms with van der Waals surface area (Å²) in [7, 11) is 0. The van der Waals surface area contributed by atoms with E-state index in [9.17, 15) is 19.2 Å². The van der Waals surface area contributed by atoms with Gasteiger partial charge in [-0.15, -0.1) is 0 Å². The zero-order valence-electron chi connectivity index (χ0n) is 22.0. The van der Waals surface area contributed by atoms with Crippen molar-refractivity contribution in [2.24, 2.45) is 10.2 Å². The number of hydrogen-bond acceptors (Lipinski definition) is 15. The first-order valence-corrected chi connectivity index (χ1v) is 11.4. The lowest BCUT2D eigenvalue weighted by Gasteiger charge is -2.22. The molecule has 4 atom stereocenters. The average molecular weight is 567 g/mol. The summed E-state index contributed by atoms with van der Waals surface area (Å²) < 4.78 is 28.4. The van der Waals surface area contributed by atoms with Crippen LogP contribution in [0.3, 0.4) is 0 Å². The van der Waals surface area contributed by atoms with Crippen molar-refractivity contribution >= 4 is 23.9 Å². The van der Waals surface area contributed by atoms with Gasteiger partial charge in [-0.3, -0.25) is 5.26 Å². The second-order valence-corrected chi connectivity index (χ2v) is 7.01. The molecule has 19 nitrogen and oxygen atoms in total. The molecule has 19 heteroatoms. The fraction of sp³-hybridized carbons (Fsp3) is 0.800. The molecule has 4 unspecified atom stereocenters. The van der Waals surface area contributed by atoms with E-state index >= 15 is 0 Å². The Kier molecular flexibility index (Phi) is 23.6. The molecule has 0 spiro atoms. The molecule has 0 aromatic rings. The highest BCUT2D eigenvalue weighted by Crippen LogP contribution is 2.08. The number of ether oxygens (including phenoxy) is 6. The minimum Gasteiger partial charge on any atom is -0.461 e. The fourth-order valence-corrected chi connectivity index (χ4v) is 1.88. The van der Waals surface area contributed by atoms with Gasteiger partial charge in [0.15, 0.2) is 24.4 Å². The van der Waals surface area contributed by atoms with Crippen LogP contribution in [-0.2, 0) is 52.5 Å². The molecule has 0 saturated carbocycles. The van der Waals surface area contributed by atoms with Crippen LogP contribution in [0, 0.1) is 0 Å². The summed E-state index contributed by atoms with van der Waals surface area (Å²) >= 11 is 0. The number of cyclic esters (lactones) is 2. The maximum atomic E-state index is 11.4. The summed E-state index contributed by atoms with van der Waals surface area (Å²) in [6.45, 7) is 7.09. The zero-order valence-corrected chi connectivity index (χ0v) is 22.0. The first kappa shape index (κ1) is 37.5. The van der Waals surface area contributed by atoms with Crippen LogP contribution in [0.1, 0.15) is 27.7 Å². The summed E-state index contributed by atoms with van der Waals surface area (Å²) in [4.78, 5) is 52.7. The molecule has 0 aromatic heterocycles. The molecule has 0 aromatic carbocycles. The van der Waals surface area contributed by atoms with E-state index in [-0.39, 0.29) is 33.0 Å². The molecule has 1 aliphatic rings. The van der Waals surface area contributed by atoms with Gasteiger partial charge in [0.25, 0.3) is 0 Å². The lowest BCUT2D eigenvalue weighted by Crippen LogP contribution is -2.40. The monoisotopic (exact) mass is 566 g/mol. The SMILES string of the molecule is CC(OO)C(=O)OC(C)C(=O)OCCOCCN=[N+]=[N-].CC1OC(=O)C(C)OC1=O.[N-]=[N+]=NCCOCCO. The molecule has 1 fully saturated rings. The number of aliphatic hydroxyl groups is 1. The number of nitrogens with zero attached hydrogens (tertiary/aromatic N) is 6. The third-order valence-corrected chi connectivity index (χ3v) is 3.87. The minimum atomic E-state index is -1.19. The quantitative estimate of drug-likeness (QED) is 0.0407. The first-order valence-electron chi connectivity index (χ1n) is 11.4. The largest absolute Gasteiger partial charge is 0.461 e. The predicted octanol–water partition coefficient (Wildman–Crippen LogP) is 0.835. The molecule has 0 bridgehead atoms. The van der Waals surface area contributed by atoms with E-state index in [1.165, 1.54) is 27.7 Å². The lowest BCUT2D eigenvalue weighted by molar-refractivity contribution is -0.274. The van der Waals surface area contributed by atoms with Gasteiger partial charge in [0.1, 0.15) is 6.61 Å². The molecule has 0 aliphatic carbocycles. The van der Waals surface area contributed by atoms with Crippen LogP contribution in [0.4, 0.5) is 0 Å². The van der Waals surface area contributed by atoms with Gasteiger partial charge in [0.05, 0.1) is 33.0 Å². The fourth-order valence-electron chi connectivity index (χ4n) is 1.88. The number of carbonyl (C=O) groups excluding carboxylic acids is 4. The second kappa shape index (κ2) is 24.6. The smallest absolute Gasteiger partial charge is 0.347 e. The van der Waals surface area contributed by atoms with Crippen molar-refractivity contribution in [3.63, 3.8) is 0 Å². The highest BCUT2D eigenvalue weighted by molar-refractivity contribution is 5.86. The van der Waals surface area contributed by atoms with Gasteiger partial charge in [-0.1, -0.05) is 10.2 Å². The van der Waals surface area contributed by atoms with Crippen LogP contribution in [0.15, 0.2) is 10.2 Å². The van der Waals surface area contributed by atoms with Crippen LogP contribution in [0.25, 0.3) is 20.9 Å². The number of aliphatic hydroxyl groups excluding tert-OH is 1. The van der Waals surface area contributed by atoms with Gasteiger partial charge in [0.2, 0.25) is 0 Å². The Hall–Kier alpha value is -3.70. The van der Waals surface area contributed by atoms with E-state index in [0.29, 0.717) is 19.8 Å². The Morgan fingerprint density at radius 2 is 1.36 bits per heavy atom. The van der Waals surface area contributed by atoms with Crippen molar-refractivity contribution in [2.45, 2.75) is 52.1 Å². The number of azide groups is 2. The van der Waals surface area contributed by atoms with Crippen LogP contribution in [-0.4, -0.2) is 111 Å². The number of hydrogen-bond donors (Lipinski definition) is 2. The molecule has 1 saturated heterocycles. The molecular weight excluding hydrogens is 532 g/mol. The van der Waals surface area contributed by atoms with Crippen molar-refractivity contribution in [2.75, 3.05) is 52.7 Å². The Morgan fingerprint density at radius 1 is 0.872 bits per heavy atom. The van der Waals surface area contributed by atoms with Gasteiger partial charge >= 0.3 is 23.9 Å². The highest BCUT2D eigenvalue weighted by atomic mass is 17.1.